The molecule has 0 radical (unpaired) electrons. The van der Waals surface area contributed by atoms with Gasteiger partial charge in [-0.3, -0.25) is 4.79 Å². The summed E-state index contributed by atoms with van der Waals surface area (Å²) in [5.41, 5.74) is 0. The van der Waals surface area contributed by atoms with Gasteiger partial charge in [-0.15, -0.1) is 10.2 Å². The predicted molar refractivity (Wildman–Crippen MR) is 67.8 cm³/mol. The maximum absolute atomic E-state index is 11.9. The summed E-state index contributed by atoms with van der Waals surface area (Å²) in [6.07, 6.45) is 2.92. The van der Waals surface area contributed by atoms with Crippen molar-refractivity contribution < 1.29 is 4.79 Å². The van der Waals surface area contributed by atoms with E-state index in [1.54, 1.807) is 4.90 Å². The zero-order valence-electron chi connectivity index (χ0n) is 10.2. The third-order valence-electron chi connectivity index (χ3n) is 3.07. The highest BCUT2D eigenvalue weighted by Gasteiger charge is 2.22. The summed E-state index contributed by atoms with van der Waals surface area (Å²) >= 11 is 3.38. The van der Waals surface area contributed by atoms with E-state index in [0.717, 1.165) is 37.5 Å². The molecule has 0 spiro atoms. The number of hydrogen-bond donors (Lipinski definition) is 0. The van der Waals surface area contributed by atoms with Gasteiger partial charge in [0.25, 0.3) is 0 Å². The fourth-order valence-electron chi connectivity index (χ4n) is 2.03. The molecule has 0 bridgehead atoms. The van der Waals surface area contributed by atoms with Crippen LogP contribution in [0.2, 0.25) is 0 Å². The van der Waals surface area contributed by atoms with Crippen molar-refractivity contribution in [3.8, 4) is 0 Å². The largest absolute Gasteiger partial charge is 0.337 e. The Bertz CT molecular complexity index is 418. The first-order valence-corrected chi connectivity index (χ1v) is 6.85. The van der Waals surface area contributed by atoms with Crippen LogP contribution in [0.15, 0.2) is 0 Å². The first-order valence-electron chi connectivity index (χ1n) is 5.93. The van der Waals surface area contributed by atoms with Gasteiger partial charge in [0.1, 0.15) is 5.82 Å². The Balaban J connectivity index is 2.03. The standard InChI is InChI=1S/C11H17BrN4O/c1-3-8(12)11(17)15(2)7-10-14-13-9-5-4-6-16(9)10/h8H,3-7H2,1-2H3. The monoisotopic (exact) mass is 300 g/mol. The first kappa shape index (κ1) is 12.5. The number of nitrogens with zero attached hydrogens (tertiary/aromatic N) is 4. The van der Waals surface area contributed by atoms with Crippen molar-refractivity contribution >= 4 is 21.8 Å². The number of rotatable bonds is 4. The maximum Gasteiger partial charge on any atom is 0.236 e. The number of aromatic nitrogens is 3. The van der Waals surface area contributed by atoms with Crippen LogP contribution in [0.25, 0.3) is 0 Å². The second kappa shape index (κ2) is 5.16. The molecule has 1 aliphatic rings. The minimum Gasteiger partial charge on any atom is -0.337 e. The summed E-state index contributed by atoms with van der Waals surface area (Å²) < 4.78 is 2.12. The minimum absolute atomic E-state index is 0.0999. The van der Waals surface area contributed by atoms with Crippen LogP contribution < -0.4 is 0 Å². The summed E-state index contributed by atoms with van der Waals surface area (Å²) in [7, 11) is 1.81. The van der Waals surface area contributed by atoms with Crippen molar-refractivity contribution in [2.24, 2.45) is 0 Å². The van der Waals surface area contributed by atoms with E-state index < -0.39 is 0 Å². The molecule has 0 saturated heterocycles. The van der Waals surface area contributed by atoms with E-state index in [1.165, 1.54) is 0 Å². The van der Waals surface area contributed by atoms with Crippen molar-refractivity contribution in [3.05, 3.63) is 11.6 Å². The number of alkyl halides is 1. The maximum atomic E-state index is 11.9. The average Bonchev–Trinajstić information content (AvgIpc) is 2.91. The minimum atomic E-state index is -0.103. The smallest absolute Gasteiger partial charge is 0.236 e. The van der Waals surface area contributed by atoms with E-state index in [9.17, 15) is 4.79 Å². The van der Waals surface area contributed by atoms with Crippen molar-refractivity contribution in [1.29, 1.82) is 0 Å². The molecule has 1 unspecified atom stereocenters. The Labute approximate surface area is 109 Å². The normalized spacial score (nSPS) is 15.7. The summed E-state index contributed by atoms with van der Waals surface area (Å²) in [6, 6.07) is 0. The SMILES string of the molecule is CCC(Br)C(=O)N(C)Cc1nnc2n1CCC2. The zero-order chi connectivity index (χ0) is 12.4. The zero-order valence-corrected chi connectivity index (χ0v) is 11.8. The molecule has 1 aromatic heterocycles. The molecule has 17 heavy (non-hydrogen) atoms. The number of halogens is 1. The lowest BCUT2D eigenvalue weighted by molar-refractivity contribution is -0.129. The van der Waals surface area contributed by atoms with Crippen molar-refractivity contribution in [2.45, 2.75) is 44.1 Å². The van der Waals surface area contributed by atoms with Gasteiger partial charge in [-0.2, -0.15) is 0 Å². The van der Waals surface area contributed by atoms with Gasteiger partial charge < -0.3 is 9.47 Å². The van der Waals surface area contributed by atoms with Crippen LogP contribution in [0.5, 0.6) is 0 Å². The molecule has 1 aromatic rings. The van der Waals surface area contributed by atoms with Crippen LogP contribution in [0.3, 0.4) is 0 Å². The summed E-state index contributed by atoms with van der Waals surface area (Å²) in [5.74, 6) is 2.04. The van der Waals surface area contributed by atoms with Gasteiger partial charge in [0.05, 0.1) is 11.4 Å². The summed E-state index contributed by atoms with van der Waals surface area (Å²) in [6.45, 7) is 3.50. The molecule has 0 fully saturated rings. The molecule has 6 heteroatoms. The quantitative estimate of drug-likeness (QED) is 0.789. The van der Waals surface area contributed by atoms with Crippen LogP contribution in [-0.2, 0) is 24.3 Å². The molecule has 1 atom stereocenters. The topological polar surface area (TPSA) is 51.0 Å². The van der Waals surface area contributed by atoms with Gasteiger partial charge in [0, 0.05) is 20.0 Å². The van der Waals surface area contributed by atoms with Crippen molar-refractivity contribution in [3.63, 3.8) is 0 Å². The molecule has 2 rings (SSSR count). The highest BCUT2D eigenvalue weighted by molar-refractivity contribution is 9.10. The van der Waals surface area contributed by atoms with Crippen molar-refractivity contribution in [2.75, 3.05) is 7.05 Å². The number of amides is 1. The van der Waals surface area contributed by atoms with Crippen LogP contribution in [-0.4, -0.2) is 37.4 Å². The lowest BCUT2D eigenvalue weighted by atomic mass is 10.3. The molecule has 94 valence electrons. The molecular formula is C11H17BrN4O. The lowest BCUT2D eigenvalue weighted by Gasteiger charge is -2.19. The Morgan fingerprint density at radius 2 is 2.35 bits per heavy atom. The van der Waals surface area contributed by atoms with E-state index in [1.807, 2.05) is 14.0 Å². The Hall–Kier alpha value is -0.910. The van der Waals surface area contributed by atoms with Gasteiger partial charge >= 0.3 is 0 Å². The Morgan fingerprint density at radius 1 is 1.59 bits per heavy atom. The number of fused-ring (bicyclic) bond motifs is 1. The molecule has 0 N–H and O–H groups in total. The third-order valence-corrected chi connectivity index (χ3v) is 4.11. The first-order chi connectivity index (χ1) is 8.13. The van der Waals surface area contributed by atoms with Crippen LogP contribution >= 0.6 is 15.9 Å². The highest BCUT2D eigenvalue weighted by atomic mass is 79.9. The van der Waals surface area contributed by atoms with Crippen LogP contribution in [0.1, 0.15) is 31.4 Å². The van der Waals surface area contributed by atoms with E-state index in [0.29, 0.717) is 6.54 Å². The van der Waals surface area contributed by atoms with E-state index in [4.69, 9.17) is 0 Å². The second-order valence-electron chi connectivity index (χ2n) is 4.36. The number of carbonyl (C=O) groups excluding carboxylic acids is 1. The lowest BCUT2D eigenvalue weighted by Crippen LogP contribution is -2.33. The fourth-order valence-corrected chi connectivity index (χ4v) is 2.38. The molecule has 0 aromatic carbocycles. The van der Waals surface area contributed by atoms with Crippen LogP contribution in [0.4, 0.5) is 0 Å². The van der Waals surface area contributed by atoms with Crippen molar-refractivity contribution in [1.82, 2.24) is 19.7 Å². The molecule has 1 amide bonds. The molecule has 5 nitrogen and oxygen atoms in total. The number of aryl methyl sites for hydroxylation is 1. The fraction of sp³-hybridized carbons (Fsp3) is 0.727. The number of hydrogen-bond acceptors (Lipinski definition) is 3. The van der Waals surface area contributed by atoms with E-state index >= 15 is 0 Å². The van der Waals surface area contributed by atoms with E-state index in [2.05, 4.69) is 30.7 Å². The molecule has 2 heterocycles. The molecule has 0 aliphatic carbocycles. The molecular weight excluding hydrogens is 284 g/mol. The molecule has 0 saturated carbocycles. The highest BCUT2D eigenvalue weighted by Crippen LogP contribution is 2.16. The van der Waals surface area contributed by atoms with Gasteiger partial charge in [0.2, 0.25) is 5.91 Å². The van der Waals surface area contributed by atoms with Gasteiger partial charge in [0.15, 0.2) is 5.82 Å². The Kier molecular flexibility index (Phi) is 3.81. The van der Waals surface area contributed by atoms with E-state index in [-0.39, 0.29) is 10.7 Å². The van der Waals surface area contributed by atoms with Gasteiger partial charge in [-0.25, -0.2) is 0 Å². The molecule has 1 aliphatic heterocycles. The van der Waals surface area contributed by atoms with Gasteiger partial charge in [-0.1, -0.05) is 22.9 Å². The summed E-state index contributed by atoms with van der Waals surface area (Å²) in [4.78, 5) is 13.5. The third kappa shape index (κ3) is 2.51. The van der Waals surface area contributed by atoms with Gasteiger partial charge in [-0.05, 0) is 12.8 Å². The summed E-state index contributed by atoms with van der Waals surface area (Å²) in [5, 5.41) is 8.29. The Morgan fingerprint density at radius 3 is 3.06 bits per heavy atom. The second-order valence-corrected chi connectivity index (χ2v) is 5.46. The van der Waals surface area contributed by atoms with Crippen LogP contribution in [0, 0.1) is 0 Å². The average molecular weight is 301 g/mol. The number of carbonyl (C=O) groups is 1. The predicted octanol–water partition coefficient (Wildman–Crippen LogP) is 1.36.